The van der Waals surface area contributed by atoms with E-state index in [1.165, 1.54) is 15.9 Å². The molecule has 0 aromatic heterocycles. The molecule has 0 radical (unpaired) electrons. The highest BCUT2D eigenvalue weighted by molar-refractivity contribution is 6.01. The van der Waals surface area contributed by atoms with Crippen LogP contribution in [0.25, 0.3) is 0 Å². The van der Waals surface area contributed by atoms with Crippen molar-refractivity contribution in [1.82, 2.24) is 10.2 Å². The van der Waals surface area contributed by atoms with Crippen molar-refractivity contribution in [2.24, 2.45) is 0 Å². The quantitative estimate of drug-likeness (QED) is 0.887. The van der Waals surface area contributed by atoms with E-state index in [0.717, 1.165) is 12.8 Å². The lowest BCUT2D eigenvalue weighted by Crippen LogP contribution is -2.46. The molecule has 1 saturated heterocycles. The highest BCUT2D eigenvalue weighted by Gasteiger charge is 2.38. The van der Waals surface area contributed by atoms with Crippen LogP contribution in [0.3, 0.4) is 0 Å². The van der Waals surface area contributed by atoms with Gasteiger partial charge in [0.25, 0.3) is 0 Å². The minimum atomic E-state index is -0.506. The van der Waals surface area contributed by atoms with E-state index in [0.29, 0.717) is 19.0 Å². The minimum absolute atomic E-state index is 0.0966. The van der Waals surface area contributed by atoms with Gasteiger partial charge in [0.1, 0.15) is 11.9 Å². The number of nitrogens with one attached hydrogen (secondary N) is 1. The maximum atomic E-state index is 13.8. The van der Waals surface area contributed by atoms with Crippen LogP contribution in [0.4, 0.5) is 10.1 Å². The summed E-state index contributed by atoms with van der Waals surface area (Å²) in [5.41, 5.74) is 0.284. The lowest BCUT2D eigenvalue weighted by atomic mass is 10.2. The molecule has 1 unspecified atom stereocenters. The SMILES string of the molecule is CN(C(=O)CNC1CC1)C1CCN(c2ccccc2F)C1=O. The van der Waals surface area contributed by atoms with Gasteiger partial charge in [-0.2, -0.15) is 0 Å². The highest BCUT2D eigenvalue weighted by atomic mass is 19.1. The van der Waals surface area contributed by atoms with E-state index in [9.17, 15) is 14.0 Å². The van der Waals surface area contributed by atoms with Gasteiger partial charge in [0.05, 0.1) is 12.2 Å². The average molecular weight is 305 g/mol. The maximum Gasteiger partial charge on any atom is 0.249 e. The zero-order valence-electron chi connectivity index (χ0n) is 12.6. The van der Waals surface area contributed by atoms with E-state index in [4.69, 9.17) is 0 Å². The Morgan fingerprint density at radius 2 is 2.09 bits per heavy atom. The number of hydrogen-bond acceptors (Lipinski definition) is 3. The Balaban J connectivity index is 1.65. The Morgan fingerprint density at radius 3 is 2.77 bits per heavy atom. The summed E-state index contributed by atoms with van der Waals surface area (Å²) in [6.45, 7) is 0.683. The number of benzene rings is 1. The molecule has 1 atom stereocenters. The molecule has 1 aromatic carbocycles. The van der Waals surface area contributed by atoms with Gasteiger partial charge in [-0.1, -0.05) is 12.1 Å². The van der Waals surface area contributed by atoms with Gasteiger partial charge in [-0.15, -0.1) is 0 Å². The third-order valence-corrected chi connectivity index (χ3v) is 4.30. The molecule has 5 nitrogen and oxygen atoms in total. The summed E-state index contributed by atoms with van der Waals surface area (Å²) >= 11 is 0. The molecular weight excluding hydrogens is 285 g/mol. The first kappa shape index (κ1) is 15.0. The van der Waals surface area contributed by atoms with Gasteiger partial charge in [0.2, 0.25) is 11.8 Å². The first-order chi connectivity index (χ1) is 10.6. The molecule has 118 valence electrons. The van der Waals surface area contributed by atoms with Crippen molar-refractivity contribution in [1.29, 1.82) is 0 Å². The maximum absolute atomic E-state index is 13.8. The number of nitrogens with zero attached hydrogens (tertiary/aromatic N) is 2. The number of amides is 2. The molecule has 1 aromatic rings. The number of para-hydroxylation sites is 1. The molecule has 1 aliphatic heterocycles. The van der Waals surface area contributed by atoms with Crippen LogP contribution in [-0.2, 0) is 9.59 Å². The van der Waals surface area contributed by atoms with Crippen LogP contribution in [0.2, 0.25) is 0 Å². The summed E-state index contributed by atoms with van der Waals surface area (Å²) in [4.78, 5) is 27.5. The number of carbonyl (C=O) groups excluding carboxylic acids is 2. The molecule has 1 heterocycles. The van der Waals surface area contributed by atoms with Crippen molar-refractivity contribution < 1.29 is 14.0 Å². The number of hydrogen-bond donors (Lipinski definition) is 1. The minimum Gasteiger partial charge on any atom is -0.333 e. The summed E-state index contributed by atoms with van der Waals surface area (Å²) in [5, 5.41) is 3.15. The van der Waals surface area contributed by atoms with Gasteiger partial charge >= 0.3 is 0 Å². The van der Waals surface area contributed by atoms with Crippen LogP contribution in [0.5, 0.6) is 0 Å². The second-order valence-electron chi connectivity index (χ2n) is 5.91. The predicted molar refractivity (Wildman–Crippen MR) is 81.0 cm³/mol. The molecule has 2 aliphatic rings. The zero-order valence-corrected chi connectivity index (χ0v) is 12.6. The van der Waals surface area contributed by atoms with Gasteiger partial charge in [0, 0.05) is 19.6 Å². The normalized spacial score (nSPS) is 21.3. The van der Waals surface area contributed by atoms with Gasteiger partial charge in [-0.3, -0.25) is 9.59 Å². The van der Waals surface area contributed by atoms with E-state index in [-0.39, 0.29) is 24.0 Å². The monoisotopic (exact) mass is 305 g/mol. The fourth-order valence-corrected chi connectivity index (χ4v) is 2.75. The summed E-state index contributed by atoms with van der Waals surface area (Å²) in [6, 6.07) is 6.17. The smallest absolute Gasteiger partial charge is 0.249 e. The van der Waals surface area contributed by atoms with Crippen LogP contribution in [-0.4, -0.2) is 48.9 Å². The Labute approximate surface area is 129 Å². The van der Waals surface area contributed by atoms with Crippen LogP contribution < -0.4 is 10.2 Å². The van der Waals surface area contributed by atoms with E-state index in [1.54, 1.807) is 25.2 Å². The zero-order chi connectivity index (χ0) is 15.7. The molecule has 1 aliphatic carbocycles. The molecule has 0 bridgehead atoms. The van der Waals surface area contributed by atoms with E-state index < -0.39 is 11.9 Å². The lowest BCUT2D eigenvalue weighted by Gasteiger charge is -2.24. The van der Waals surface area contributed by atoms with Crippen molar-refractivity contribution in [2.45, 2.75) is 31.3 Å². The molecule has 2 fully saturated rings. The average Bonchev–Trinajstić information content (AvgIpc) is 3.27. The van der Waals surface area contributed by atoms with Gasteiger partial charge in [-0.05, 0) is 31.4 Å². The predicted octanol–water partition coefficient (Wildman–Crippen LogP) is 1.14. The summed E-state index contributed by atoms with van der Waals surface area (Å²) in [7, 11) is 1.64. The second kappa shape index (κ2) is 6.04. The molecule has 1 N–H and O–H groups in total. The largest absolute Gasteiger partial charge is 0.333 e. The molecule has 22 heavy (non-hydrogen) atoms. The number of halogens is 1. The van der Waals surface area contributed by atoms with Crippen molar-refractivity contribution in [3.63, 3.8) is 0 Å². The van der Waals surface area contributed by atoms with Gasteiger partial charge in [0.15, 0.2) is 0 Å². The van der Waals surface area contributed by atoms with Crippen molar-refractivity contribution in [3.8, 4) is 0 Å². The summed E-state index contributed by atoms with van der Waals surface area (Å²) in [6.07, 6.45) is 2.75. The Morgan fingerprint density at radius 1 is 1.36 bits per heavy atom. The number of anilines is 1. The van der Waals surface area contributed by atoms with Gasteiger partial charge < -0.3 is 15.1 Å². The van der Waals surface area contributed by atoms with Crippen molar-refractivity contribution >= 4 is 17.5 Å². The van der Waals surface area contributed by atoms with Crippen LogP contribution in [0.1, 0.15) is 19.3 Å². The molecule has 1 saturated carbocycles. The lowest BCUT2D eigenvalue weighted by molar-refractivity contribution is -0.136. The van der Waals surface area contributed by atoms with E-state index in [2.05, 4.69) is 5.32 Å². The molecule has 3 rings (SSSR count). The summed E-state index contributed by atoms with van der Waals surface area (Å²) < 4.78 is 13.8. The van der Waals surface area contributed by atoms with Crippen LogP contribution in [0.15, 0.2) is 24.3 Å². The fraction of sp³-hybridized carbons (Fsp3) is 0.500. The van der Waals surface area contributed by atoms with Crippen LogP contribution in [0, 0.1) is 5.82 Å². The Bertz CT molecular complexity index is 589. The number of rotatable bonds is 5. The highest BCUT2D eigenvalue weighted by Crippen LogP contribution is 2.26. The van der Waals surface area contributed by atoms with Gasteiger partial charge in [-0.25, -0.2) is 4.39 Å². The van der Waals surface area contributed by atoms with Crippen molar-refractivity contribution in [2.75, 3.05) is 25.0 Å². The topological polar surface area (TPSA) is 52.7 Å². The standard InChI is InChI=1S/C16H20FN3O2/c1-19(15(21)10-18-11-6-7-11)14-8-9-20(16(14)22)13-5-3-2-4-12(13)17/h2-5,11,14,18H,6-10H2,1H3. The second-order valence-corrected chi connectivity index (χ2v) is 5.91. The first-order valence-electron chi connectivity index (χ1n) is 7.63. The van der Waals surface area contributed by atoms with E-state index >= 15 is 0 Å². The molecule has 0 spiro atoms. The fourth-order valence-electron chi connectivity index (χ4n) is 2.75. The third-order valence-electron chi connectivity index (χ3n) is 4.30. The van der Waals surface area contributed by atoms with Crippen molar-refractivity contribution in [3.05, 3.63) is 30.1 Å². The molecule has 6 heteroatoms. The Kier molecular flexibility index (Phi) is 4.11. The number of carbonyl (C=O) groups is 2. The van der Waals surface area contributed by atoms with E-state index in [1.807, 2.05) is 0 Å². The summed E-state index contributed by atoms with van der Waals surface area (Å²) in [5.74, 6) is -0.728. The van der Waals surface area contributed by atoms with Crippen LogP contribution >= 0.6 is 0 Å². The number of likely N-dealkylation sites (N-methyl/N-ethyl adjacent to an activating group) is 1. The molecule has 2 amide bonds. The third kappa shape index (κ3) is 2.97. The Hall–Kier alpha value is -1.95. The molecular formula is C16H20FN3O2. The first-order valence-corrected chi connectivity index (χ1v) is 7.63.